The second-order valence-electron chi connectivity index (χ2n) is 2.43. The van der Waals surface area contributed by atoms with Crippen molar-refractivity contribution in [1.29, 1.82) is 0 Å². The molecule has 0 atom stereocenters. The number of hydrogen-bond donors (Lipinski definition) is 1. The van der Waals surface area contributed by atoms with E-state index in [1.807, 2.05) is 13.8 Å². The van der Waals surface area contributed by atoms with Gasteiger partial charge in [0.2, 0.25) is 0 Å². The maximum Gasteiger partial charge on any atom is 0.194 e. The summed E-state index contributed by atoms with van der Waals surface area (Å²) >= 11 is 1.31. The molecule has 0 aromatic carbocycles. The zero-order valence-corrected chi connectivity index (χ0v) is 7.51. The van der Waals surface area contributed by atoms with E-state index in [1.54, 1.807) is 0 Å². The second-order valence-corrected chi connectivity index (χ2v) is 3.19. The maximum atomic E-state index is 4.18. The zero-order chi connectivity index (χ0) is 8.55. The molecule has 0 amide bonds. The van der Waals surface area contributed by atoms with E-state index in [2.05, 4.69) is 24.8 Å². The van der Waals surface area contributed by atoms with E-state index in [0.29, 0.717) is 5.82 Å². The number of rotatable bonds is 1. The predicted octanol–water partition coefficient (Wildman–Crippen LogP) is 0.940. The first kappa shape index (κ1) is 7.35. The Balaban J connectivity index is 2.50. The van der Waals surface area contributed by atoms with Crippen LogP contribution in [0.3, 0.4) is 0 Å². The van der Waals surface area contributed by atoms with Crippen LogP contribution in [0.25, 0.3) is 10.7 Å². The Morgan fingerprint density at radius 2 is 2.17 bits per heavy atom. The average molecular weight is 181 g/mol. The third-order valence-corrected chi connectivity index (χ3v) is 2.28. The number of H-pyrrole nitrogens is 1. The van der Waals surface area contributed by atoms with Crippen LogP contribution in [-0.2, 0) is 0 Å². The monoisotopic (exact) mass is 181 g/mol. The van der Waals surface area contributed by atoms with Crippen molar-refractivity contribution in [1.82, 2.24) is 24.8 Å². The van der Waals surface area contributed by atoms with Gasteiger partial charge >= 0.3 is 0 Å². The molecule has 0 aliphatic rings. The Labute approximate surface area is 73.0 Å². The van der Waals surface area contributed by atoms with E-state index in [0.717, 1.165) is 16.4 Å². The molecular weight excluding hydrogens is 174 g/mol. The zero-order valence-electron chi connectivity index (χ0n) is 6.70. The van der Waals surface area contributed by atoms with E-state index in [-0.39, 0.29) is 0 Å². The number of hydrogen-bond acceptors (Lipinski definition) is 5. The van der Waals surface area contributed by atoms with Crippen LogP contribution in [0.1, 0.15) is 11.5 Å². The third-order valence-electron chi connectivity index (χ3n) is 1.45. The predicted molar refractivity (Wildman–Crippen MR) is 44.8 cm³/mol. The normalized spacial score (nSPS) is 10.5. The molecule has 0 saturated carbocycles. The third kappa shape index (κ3) is 1.10. The van der Waals surface area contributed by atoms with E-state index in [4.69, 9.17) is 0 Å². The molecule has 2 aromatic heterocycles. The molecule has 0 aliphatic heterocycles. The largest absolute Gasteiger partial charge is 0.263 e. The van der Waals surface area contributed by atoms with Gasteiger partial charge in [-0.3, -0.25) is 5.10 Å². The lowest BCUT2D eigenvalue weighted by Gasteiger charge is -1.85. The molecule has 0 unspecified atom stereocenters. The van der Waals surface area contributed by atoms with Crippen molar-refractivity contribution >= 4 is 11.5 Å². The van der Waals surface area contributed by atoms with Gasteiger partial charge in [-0.05, 0) is 25.4 Å². The van der Waals surface area contributed by atoms with E-state index in [1.165, 1.54) is 11.5 Å². The highest BCUT2D eigenvalue weighted by Crippen LogP contribution is 2.20. The molecule has 0 bridgehead atoms. The van der Waals surface area contributed by atoms with Crippen LogP contribution in [0.5, 0.6) is 0 Å². The number of aromatic amines is 1. The maximum absolute atomic E-state index is 4.18. The molecule has 1 N–H and O–H groups in total. The van der Waals surface area contributed by atoms with Gasteiger partial charge in [-0.25, -0.2) is 4.98 Å². The molecule has 62 valence electrons. The summed E-state index contributed by atoms with van der Waals surface area (Å²) in [6.45, 7) is 3.75. The van der Waals surface area contributed by atoms with Gasteiger partial charge < -0.3 is 0 Å². The topological polar surface area (TPSA) is 67.3 Å². The Kier molecular flexibility index (Phi) is 1.61. The first-order valence-electron chi connectivity index (χ1n) is 3.45. The lowest BCUT2D eigenvalue weighted by Crippen LogP contribution is -1.80. The lowest BCUT2D eigenvalue weighted by atomic mass is 10.4. The highest BCUT2D eigenvalue weighted by atomic mass is 32.1. The highest BCUT2D eigenvalue weighted by Gasteiger charge is 2.09. The van der Waals surface area contributed by atoms with Crippen molar-refractivity contribution in [3.05, 3.63) is 11.5 Å². The number of aryl methyl sites for hydroxylation is 2. The van der Waals surface area contributed by atoms with Crippen molar-refractivity contribution in [2.45, 2.75) is 13.8 Å². The van der Waals surface area contributed by atoms with Gasteiger partial charge in [0.25, 0.3) is 0 Å². The molecule has 5 nitrogen and oxygen atoms in total. The molecule has 0 saturated heterocycles. The van der Waals surface area contributed by atoms with Crippen LogP contribution >= 0.6 is 11.5 Å². The second kappa shape index (κ2) is 2.63. The first-order valence-corrected chi connectivity index (χ1v) is 4.23. The minimum atomic E-state index is 0.681. The summed E-state index contributed by atoms with van der Waals surface area (Å²) < 4.78 is 3.81. The molecule has 0 radical (unpaired) electrons. The SMILES string of the molecule is Cc1nc(-c2snnc2C)n[nH]1. The van der Waals surface area contributed by atoms with Crippen LogP contribution in [-0.4, -0.2) is 24.8 Å². The number of aromatic nitrogens is 5. The van der Waals surface area contributed by atoms with Crippen molar-refractivity contribution in [2.75, 3.05) is 0 Å². The molecule has 2 heterocycles. The Morgan fingerprint density at radius 1 is 1.33 bits per heavy atom. The Bertz CT molecular complexity index is 390. The Morgan fingerprint density at radius 3 is 2.67 bits per heavy atom. The molecule has 2 rings (SSSR count). The molecule has 6 heteroatoms. The van der Waals surface area contributed by atoms with Crippen molar-refractivity contribution < 1.29 is 0 Å². The molecule has 12 heavy (non-hydrogen) atoms. The molecule has 0 aliphatic carbocycles. The van der Waals surface area contributed by atoms with Crippen LogP contribution in [0.4, 0.5) is 0 Å². The van der Waals surface area contributed by atoms with Crippen molar-refractivity contribution in [2.24, 2.45) is 0 Å². The van der Waals surface area contributed by atoms with Crippen LogP contribution in [0.2, 0.25) is 0 Å². The van der Waals surface area contributed by atoms with Gasteiger partial charge in [0.1, 0.15) is 10.7 Å². The van der Waals surface area contributed by atoms with Crippen LogP contribution in [0.15, 0.2) is 0 Å². The number of nitrogens with zero attached hydrogens (tertiary/aromatic N) is 4. The van der Waals surface area contributed by atoms with Crippen LogP contribution < -0.4 is 0 Å². The minimum Gasteiger partial charge on any atom is -0.263 e. The first-order chi connectivity index (χ1) is 5.77. The van der Waals surface area contributed by atoms with E-state index < -0.39 is 0 Å². The van der Waals surface area contributed by atoms with Crippen LogP contribution in [0, 0.1) is 13.8 Å². The number of nitrogens with one attached hydrogen (secondary N) is 1. The van der Waals surface area contributed by atoms with Gasteiger partial charge in [-0.15, -0.1) is 5.10 Å². The fraction of sp³-hybridized carbons (Fsp3) is 0.333. The summed E-state index contributed by atoms with van der Waals surface area (Å²) in [4.78, 5) is 5.11. The standard InChI is InChI=1S/C6H7N5S/c1-3-5(12-11-8-3)6-7-4(2)9-10-6/h1-2H3,(H,7,9,10). The molecule has 0 spiro atoms. The summed E-state index contributed by atoms with van der Waals surface area (Å²) in [5.41, 5.74) is 0.874. The van der Waals surface area contributed by atoms with Crippen molar-refractivity contribution in [3.8, 4) is 10.7 Å². The molecule has 2 aromatic rings. The minimum absolute atomic E-state index is 0.681. The smallest absolute Gasteiger partial charge is 0.194 e. The van der Waals surface area contributed by atoms with Crippen molar-refractivity contribution in [3.63, 3.8) is 0 Å². The van der Waals surface area contributed by atoms with Gasteiger partial charge in [-0.2, -0.15) is 5.10 Å². The van der Waals surface area contributed by atoms with Gasteiger partial charge in [-0.1, -0.05) is 4.49 Å². The fourth-order valence-electron chi connectivity index (χ4n) is 0.881. The molecular formula is C6H7N5S. The summed E-state index contributed by atoms with van der Waals surface area (Å²) in [7, 11) is 0. The molecule has 0 fully saturated rings. The Hall–Kier alpha value is -1.30. The van der Waals surface area contributed by atoms with E-state index in [9.17, 15) is 0 Å². The van der Waals surface area contributed by atoms with Gasteiger partial charge in [0.05, 0.1) is 5.69 Å². The van der Waals surface area contributed by atoms with Gasteiger partial charge in [0.15, 0.2) is 5.82 Å². The van der Waals surface area contributed by atoms with Gasteiger partial charge in [0, 0.05) is 0 Å². The summed E-state index contributed by atoms with van der Waals surface area (Å²) in [5.74, 6) is 1.48. The quantitative estimate of drug-likeness (QED) is 0.711. The fourth-order valence-corrected chi connectivity index (χ4v) is 1.47. The lowest BCUT2D eigenvalue weighted by molar-refractivity contribution is 1.04. The summed E-state index contributed by atoms with van der Waals surface area (Å²) in [6.07, 6.45) is 0. The summed E-state index contributed by atoms with van der Waals surface area (Å²) in [6, 6.07) is 0. The van der Waals surface area contributed by atoms with E-state index >= 15 is 0 Å². The summed E-state index contributed by atoms with van der Waals surface area (Å²) in [5, 5.41) is 10.7. The highest BCUT2D eigenvalue weighted by molar-refractivity contribution is 7.09. The average Bonchev–Trinajstić information content (AvgIpc) is 2.58.